The molecule has 0 radical (unpaired) electrons. The first-order chi connectivity index (χ1) is 7.69. The summed E-state index contributed by atoms with van der Waals surface area (Å²) in [6, 6.07) is 2.48. The molecule has 1 saturated carbocycles. The highest BCUT2D eigenvalue weighted by molar-refractivity contribution is 5.53. The largest absolute Gasteiger partial charge is 0.398 e. The molecule has 1 aromatic heterocycles. The van der Waals surface area contributed by atoms with Gasteiger partial charge in [0.25, 0.3) is 0 Å². The highest BCUT2D eigenvalue weighted by Crippen LogP contribution is 2.34. The van der Waals surface area contributed by atoms with Gasteiger partial charge < -0.3 is 11.1 Å². The van der Waals surface area contributed by atoms with E-state index < -0.39 is 0 Å². The van der Waals surface area contributed by atoms with E-state index in [1.807, 2.05) is 19.2 Å². The molecule has 88 valence electrons. The first-order valence-electron chi connectivity index (χ1n) is 6.17. The molecule has 1 fully saturated rings. The quantitative estimate of drug-likeness (QED) is 0.800. The molecule has 1 aliphatic carbocycles. The minimum absolute atomic E-state index is 0.544. The van der Waals surface area contributed by atoms with Crippen LogP contribution in [0.4, 0.5) is 11.5 Å². The summed E-state index contributed by atoms with van der Waals surface area (Å²) in [5.41, 5.74) is 7.73. The zero-order valence-corrected chi connectivity index (χ0v) is 10.2. The van der Waals surface area contributed by atoms with Gasteiger partial charge in [-0.2, -0.15) is 0 Å². The Labute approximate surface area is 97.5 Å². The summed E-state index contributed by atoms with van der Waals surface area (Å²) in [5, 5.41) is 3.48. The third kappa shape index (κ3) is 2.87. The van der Waals surface area contributed by atoms with Gasteiger partial charge in [-0.1, -0.05) is 19.8 Å². The Hall–Kier alpha value is -1.25. The van der Waals surface area contributed by atoms with Crippen LogP contribution in [-0.2, 0) is 0 Å². The number of anilines is 2. The molecular formula is C13H21N3. The maximum atomic E-state index is 5.87. The van der Waals surface area contributed by atoms with Crippen molar-refractivity contribution in [2.45, 2.75) is 45.6 Å². The predicted molar refractivity (Wildman–Crippen MR) is 68.4 cm³/mol. The van der Waals surface area contributed by atoms with E-state index >= 15 is 0 Å². The predicted octanol–water partition coefficient (Wildman–Crippen LogP) is 2.96. The minimum Gasteiger partial charge on any atom is -0.398 e. The second-order valence-corrected chi connectivity index (χ2v) is 4.85. The fourth-order valence-corrected chi connectivity index (χ4v) is 1.91. The van der Waals surface area contributed by atoms with Crippen molar-refractivity contribution in [3.8, 4) is 0 Å². The van der Waals surface area contributed by atoms with Crippen LogP contribution in [0.5, 0.6) is 0 Å². The molecule has 1 unspecified atom stereocenters. The van der Waals surface area contributed by atoms with Crippen molar-refractivity contribution < 1.29 is 0 Å². The van der Waals surface area contributed by atoms with Gasteiger partial charge in [0.05, 0.1) is 0 Å². The van der Waals surface area contributed by atoms with E-state index in [0.717, 1.165) is 29.4 Å². The molecule has 0 amide bonds. The molecular weight excluding hydrogens is 198 g/mol. The number of hydrogen-bond acceptors (Lipinski definition) is 3. The van der Waals surface area contributed by atoms with E-state index in [2.05, 4.69) is 17.2 Å². The third-order valence-electron chi connectivity index (χ3n) is 3.30. The summed E-state index contributed by atoms with van der Waals surface area (Å²) in [5.74, 6) is 1.86. The van der Waals surface area contributed by atoms with E-state index in [-0.39, 0.29) is 0 Å². The molecule has 3 nitrogen and oxygen atoms in total. The average molecular weight is 219 g/mol. The SMILES string of the molecule is CCC(CC1CC1)Nc1cc(N)c(C)cn1. The van der Waals surface area contributed by atoms with E-state index in [9.17, 15) is 0 Å². The number of aryl methyl sites for hydroxylation is 1. The van der Waals surface area contributed by atoms with Crippen LogP contribution in [0.2, 0.25) is 0 Å². The van der Waals surface area contributed by atoms with Gasteiger partial charge in [0.1, 0.15) is 5.82 Å². The Bertz CT molecular complexity index is 358. The van der Waals surface area contributed by atoms with Crippen LogP contribution in [-0.4, -0.2) is 11.0 Å². The summed E-state index contributed by atoms with van der Waals surface area (Å²) in [4.78, 5) is 4.36. The third-order valence-corrected chi connectivity index (χ3v) is 3.30. The van der Waals surface area contributed by atoms with Crippen molar-refractivity contribution >= 4 is 11.5 Å². The number of pyridine rings is 1. The Kier molecular flexibility index (Phi) is 3.32. The lowest BCUT2D eigenvalue weighted by Crippen LogP contribution is -2.20. The van der Waals surface area contributed by atoms with Crippen LogP contribution < -0.4 is 11.1 Å². The highest BCUT2D eigenvalue weighted by atomic mass is 15.0. The molecule has 3 heteroatoms. The lowest BCUT2D eigenvalue weighted by atomic mass is 10.1. The number of hydrogen-bond donors (Lipinski definition) is 2. The van der Waals surface area contributed by atoms with Crippen LogP contribution in [0.15, 0.2) is 12.3 Å². The zero-order valence-electron chi connectivity index (χ0n) is 10.2. The average Bonchev–Trinajstić information content (AvgIpc) is 3.06. The molecule has 1 atom stereocenters. The number of nitrogens with zero attached hydrogens (tertiary/aromatic N) is 1. The van der Waals surface area contributed by atoms with Gasteiger partial charge in [-0.05, 0) is 31.2 Å². The van der Waals surface area contributed by atoms with Gasteiger partial charge in [-0.15, -0.1) is 0 Å². The Balaban J connectivity index is 1.97. The van der Waals surface area contributed by atoms with E-state index in [1.165, 1.54) is 19.3 Å². The van der Waals surface area contributed by atoms with Gasteiger partial charge >= 0.3 is 0 Å². The fourth-order valence-electron chi connectivity index (χ4n) is 1.91. The lowest BCUT2D eigenvalue weighted by Gasteiger charge is -2.17. The molecule has 0 saturated heterocycles. The minimum atomic E-state index is 0.544. The molecule has 2 rings (SSSR count). The van der Waals surface area contributed by atoms with E-state index in [1.54, 1.807) is 0 Å². The van der Waals surface area contributed by atoms with Gasteiger partial charge in [0, 0.05) is 24.0 Å². The molecule has 0 aliphatic heterocycles. The second kappa shape index (κ2) is 4.73. The van der Waals surface area contributed by atoms with Gasteiger partial charge in [-0.3, -0.25) is 0 Å². The fraction of sp³-hybridized carbons (Fsp3) is 0.615. The summed E-state index contributed by atoms with van der Waals surface area (Å²) in [6.07, 6.45) is 7.06. The van der Waals surface area contributed by atoms with Gasteiger partial charge in [0.15, 0.2) is 0 Å². The number of aromatic nitrogens is 1. The van der Waals surface area contributed by atoms with Crippen molar-refractivity contribution in [3.63, 3.8) is 0 Å². The molecule has 1 heterocycles. The second-order valence-electron chi connectivity index (χ2n) is 4.85. The summed E-state index contributed by atoms with van der Waals surface area (Å²) >= 11 is 0. The summed E-state index contributed by atoms with van der Waals surface area (Å²) in [7, 11) is 0. The van der Waals surface area contributed by atoms with Crippen LogP contribution in [0.3, 0.4) is 0 Å². The van der Waals surface area contributed by atoms with Crippen molar-refractivity contribution in [2.75, 3.05) is 11.1 Å². The Morgan fingerprint density at radius 3 is 2.88 bits per heavy atom. The van der Waals surface area contributed by atoms with Crippen molar-refractivity contribution in [3.05, 3.63) is 17.8 Å². The first kappa shape index (κ1) is 11.2. The maximum absolute atomic E-state index is 5.87. The highest BCUT2D eigenvalue weighted by Gasteiger charge is 2.24. The van der Waals surface area contributed by atoms with Crippen LogP contribution >= 0.6 is 0 Å². The maximum Gasteiger partial charge on any atom is 0.128 e. The number of nitrogen functional groups attached to an aromatic ring is 1. The molecule has 3 N–H and O–H groups in total. The van der Waals surface area contributed by atoms with Gasteiger partial charge in [0.2, 0.25) is 0 Å². The molecule has 16 heavy (non-hydrogen) atoms. The monoisotopic (exact) mass is 219 g/mol. The van der Waals surface area contributed by atoms with Gasteiger partial charge in [-0.25, -0.2) is 4.98 Å². The standard InChI is InChI=1S/C13H21N3/c1-3-11(6-10-4-5-10)16-13-7-12(14)9(2)8-15-13/h7-8,10-11H,3-6H2,1-2H3,(H3,14,15,16). The number of nitrogens with one attached hydrogen (secondary N) is 1. The topological polar surface area (TPSA) is 50.9 Å². The molecule has 0 aromatic carbocycles. The Morgan fingerprint density at radius 2 is 2.31 bits per heavy atom. The molecule has 0 bridgehead atoms. The normalized spacial score (nSPS) is 17.1. The number of nitrogens with two attached hydrogens (primary N) is 1. The van der Waals surface area contributed by atoms with Crippen molar-refractivity contribution in [1.29, 1.82) is 0 Å². The lowest BCUT2D eigenvalue weighted by molar-refractivity contribution is 0.585. The van der Waals surface area contributed by atoms with Crippen LogP contribution in [0, 0.1) is 12.8 Å². The number of rotatable bonds is 5. The van der Waals surface area contributed by atoms with Crippen LogP contribution in [0.25, 0.3) is 0 Å². The summed E-state index contributed by atoms with van der Waals surface area (Å²) < 4.78 is 0. The van der Waals surface area contributed by atoms with Crippen molar-refractivity contribution in [2.24, 2.45) is 5.92 Å². The van der Waals surface area contributed by atoms with Crippen LogP contribution in [0.1, 0.15) is 38.2 Å². The molecule has 1 aliphatic rings. The smallest absolute Gasteiger partial charge is 0.128 e. The first-order valence-corrected chi connectivity index (χ1v) is 6.17. The molecule has 1 aromatic rings. The van der Waals surface area contributed by atoms with E-state index in [0.29, 0.717) is 6.04 Å². The zero-order chi connectivity index (χ0) is 11.5. The van der Waals surface area contributed by atoms with Crippen molar-refractivity contribution in [1.82, 2.24) is 4.98 Å². The summed E-state index contributed by atoms with van der Waals surface area (Å²) in [6.45, 7) is 4.20. The Morgan fingerprint density at radius 1 is 1.56 bits per heavy atom. The molecule has 0 spiro atoms. The van der Waals surface area contributed by atoms with E-state index in [4.69, 9.17) is 5.73 Å².